The van der Waals surface area contributed by atoms with E-state index in [0.29, 0.717) is 6.10 Å². The van der Waals surface area contributed by atoms with Crippen LogP contribution in [0.2, 0.25) is 0 Å². The Bertz CT molecular complexity index is 163. The fourth-order valence-corrected chi connectivity index (χ4v) is 2.47. The van der Waals surface area contributed by atoms with Crippen molar-refractivity contribution in [3.8, 4) is 0 Å². The number of ether oxygens (including phenoxy) is 1. The average molecular weight is 198 g/mol. The van der Waals surface area contributed by atoms with E-state index in [1.165, 1.54) is 32.2 Å². The molecule has 2 atom stereocenters. The van der Waals surface area contributed by atoms with Crippen molar-refractivity contribution in [2.75, 3.05) is 33.3 Å². The monoisotopic (exact) mass is 198 g/mol. The van der Waals surface area contributed by atoms with Gasteiger partial charge in [-0.25, -0.2) is 0 Å². The maximum Gasteiger partial charge on any atom is 0.0702 e. The van der Waals surface area contributed by atoms with E-state index in [2.05, 4.69) is 17.3 Å². The Morgan fingerprint density at radius 1 is 1.36 bits per heavy atom. The minimum atomic E-state index is 0.502. The Morgan fingerprint density at radius 3 is 2.93 bits per heavy atom. The Kier molecular flexibility index (Phi) is 3.79. The van der Waals surface area contributed by atoms with Crippen molar-refractivity contribution in [2.45, 2.75) is 37.8 Å². The van der Waals surface area contributed by atoms with Crippen LogP contribution in [-0.4, -0.2) is 50.3 Å². The van der Waals surface area contributed by atoms with Crippen molar-refractivity contribution in [1.82, 2.24) is 10.2 Å². The molecule has 1 unspecified atom stereocenters. The molecule has 2 fully saturated rings. The van der Waals surface area contributed by atoms with Crippen LogP contribution < -0.4 is 5.32 Å². The van der Waals surface area contributed by atoms with Crippen LogP contribution in [-0.2, 0) is 4.74 Å². The molecule has 0 aromatic heterocycles. The summed E-state index contributed by atoms with van der Waals surface area (Å²) in [5.74, 6) is 0. The van der Waals surface area contributed by atoms with Gasteiger partial charge in [-0.1, -0.05) is 0 Å². The Balaban J connectivity index is 1.72. The minimum Gasteiger partial charge on any atom is -0.377 e. The second-order valence-corrected chi connectivity index (χ2v) is 4.57. The van der Waals surface area contributed by atoms with Crippen molar-refractivity contribution < 1.29 is 4.74 Å². The highest BCUT2D eigenvalue weighted by Gasteiger charge is 2.22. The second-order valence-electron chi connectivity index (χ2n) is 4.57. The SMILES string of the molecule is CN(C[C@@H]1CCCO1)C1CCCNC1. The van der Waals surface area contributed by atoms with E-state index in [0.717, 1.165) is 25.7 Å². The molecule has 0 saturated carbocycles. The van der Waals surface area contributed by atoms with E-state index in [1.807, 2.05) is 0 Å². The Hall–Kier alpha value is -0.120. The van der Waals surface area contributed by atoms with Gasteiger partial charge in [0.05, 0.1) is 6.10 Å². The number of rotatable bonds is 3. The van der Waals surface area contributed by atoms with Crippen LogP contribution in [0.4, 0.5) is 0 Å². The number of hydrogen-bond donors (Lipinski definition) is 1. The van der Waals surface area contributed by atoms with Crippen LogP contribution in [0.15, 0.2) is 0 Å². The third kappa shape index (κ3) is 2.69. The van der Waals surface area contributed by atoms with E-state index in [-0.39, 0.29) is 0 Å². The molecule has 2 rings (SSSR count). The minimum absolute atomic E-state index is 0.502. The normalized spacial score (nSPS) is 33.9. The first-order chi connectivity index (χ1) is 6.86. The molecule has 14 heavy (non-hydrogen) atoms. The number of nitrogens with zero attached hydrogens (tertiary/aromatic N) is 1. The standard InChI is InChI=1S/C11H22N2O/c1-13(9-11-5-3-7-14-11)10-4-2-6-12-8-10/h10-12H,2-9H2,1H3/t10?,11-/m0/s1. The zero-order valence-electron chi connectivity index (χ0n) is 9.17. The van der Waals surface area contributed by atoms with Gasteiger partial charge >= 0.3 is 0 Å². The van der Waals surface area contributed by atoms with Crippen molar-refractivity contribution in [3.05, 3.63) is 0 Å². The summed E-state index contributed by atoms with van der Waals surface area (Å²) in [6, 6.07) is 0.730. The molecule has 0 spiro atoms. The summed E-state index contributed by atoms with van der Waals surface area (Å²) in [4.78, 5) is 2.47. The highest BCUT2D eigenvalue weighted by molar-refractivity contribution is 4.79. The summed E-state index contributed by atoms with van der Waals surface area (Å²) in [5.41, 5.74) is 0. The van der Waals surface area contributed by atoms with E-state index < -0.39 is 0 Å². The lowest BCUT2D eigenvalue weighted by Gasteiger charge is -2.32. The summed E-state index contributed by atoms with van der Waals surface area (Å²) in [7, 11) is 2.24. The molecule has 2 saturated heterocycles. The molecule has 2 heterocycles. The summed E-state index contributed by atoms with van der Waals surface area (Å²) in [5, 5.41) is 3.46. The van der Waals surface area contributed by atoms with Crippen molar-refractivity contribution in [2.24, 2.45) is 0 Å². The fourth-order valence-electron chi connectivity index (χ4n) is 2.47. The van der Waals surface area contributed by atoms with E-state index in [4.69, 9.17) is 4.74 Å². The van der Waals surface area contributed by atoms with Gasteiger partial charge in [-0.2, -0.15) is 0 Å². The van der Waals surface area contributed by atoms with Crippen LogP contribution in [0.3, 0.4) is 0 Å². The highest BCUT2D eigenvalue weighted by atomic mass is 16.5. The molecule has 3 nitrogen and oxygen atoms in total. The van der Waals surface area contributed by atoms with Crippen molar-refractivity contribution >= 4 is 0 Å². The molecule has 82 valence electrons. The number of hydrogen-bond acceptors (Lipinski definition) is 3. The molecule has 0 radical (unpaired) electrons. The first-order valence-electron chi connectivity index (χ1n) is 5.89. The van der Waals surface area contributed by atoms with E-state index in [9.17, 15) is 0 Å². The maximum atomic E-state index is 5.65. The molecule has 2 aliphatic heterocycles. The molecule has 0 aromatic carbocycles. The van der Waals surface area contributed by atoms with E-state index in [1.54, 1.807) is 0 Å². The summed E-state index contributed by atoms with van der Waals surface area (Å²) in [6.45, 7) is 4.45. The van der Waals surface area contributed by atoms with Crippen LogP contribution in [0, 0.1) is 0 Å². The van der Waals surface area contributed by atoms with Crippen LogP contribution in [0.5, 0.6) is 0 Å². The molecule has 0 aliphatic carbocycles. The number of likely N-dealkylation sites (N-methyl/N-ethyl adjacent to an activating group) is 1. The predicted molar refractivity (Wildman–Crippen MR) is 57.5 cm³/mol. The molecule has 2 aliphatic rings. The number of nitrogens with one attached hydrogen (secondary N) is 1. The third-order valence-electron chi connectivity index (χ3n) is 3.41. The number of piperidine rings is 1. The van der Waals surface area contributed by atoms with Gasteiger partial charge in [0.25, 0.3) is 0 Å². The van der Waals surface area contributed by atoms with Gasteiger partial charge < -0.3 is 10.1 Å². The van der Waals surface area contributed by atoms with Gasteiger partial charge in [0.2, 0.25) is 0 Å². The topological polar surface area (TPSA) is 24.5 Å². The molecular formula is C11H22N2O. The zero-order chi connectivity index (χ0) is 9.80. The highest BCUT2D eigenvalue weighted by Crippen LogP contribution is 2.15. The molecular weight excluding hydrogens is 176 g/mol. The molecule has 0 aromatic rings. The maximum absolute atomic E-state index is 5.65. The van der Waals surface area contributed by atoms with Gasteiger partial charge in [0, 0.05) is 25.7 Å². The third-order valence-corrected chi connectivity index (χ3v) is 3.41. The zero-order valence-corrected chi connectivity index (χ0v) is 9.17. The van der Waals surface area contributed by atoms with E-state index >= 15 is 0 Å². The van der Waals surface area contributed by atoms with Crippen LogP contribution in [0.25, 0.3) is 0 Å². The lowest BCUT2D eigenvalue weighted by molar-refractivity contribution is 0.0634. The van der Waals surface area contributed by atoms with Gasteiger partial charge in [-0.3, -0.25) is 4.90 Å². The van der Waals surface area contributed by atoms with Crippen molar-refractivity contribution in [1.29, 1.82) is 0 Å². The predicted octanol–water partition coefficient (Wildman–Crippen LogP) is 0.849. The Labute approximate surface area is 86.8 Å². The lowest BCUT2D eigenvalue weighted by Crippen LogP contribution is -2.46. The van der Waals surface area contributed by atoms with Crippen LogP contribution >= 0.6 is 0 Å². The molecule has 0 bridgehead atoms. The average Bonchev–Trinajstić information content (AvgIpc) is 2.72. The second kappa shape index (κ2) is 5.10. The largest absolute Gasteiger partial charge is 0.377 e. The first kappa shape index (κ1) is 10.4. The quantitative estimate of drug-likeness (QED) is 0.727. The molecule has 1 N–H and O–H groups in total. The van der Waals surface area contributed by atoms with Gasteiger partial charge in [0.15, 0.2) is 0 Å². The summed E-state index contributed by atoms with van der Waals surface area (Å²) < 4.78 is 5.65. The van der Waals surface area contributed by atoms with Gasteiger partial charge in [-0.05, 0) is 39.3 Å². The molecule has 0 amide bonds. The fraction of sp³-hybridized carbons (Fsp3) is 1.00. The van der Waals surface area contributed by atoms with Gasteiger partial charge in [-0.15, -0.1) is 0 Å². The summed E-state index contributed by atoms with van der Waals surface area (Å²) >= 11 is 0. The lowest BCUT2D eigenvalue weighted by atomic mass is 10.1. The van der Waals surface area contributed by atoms with Gasteiger partial charge in [0.1, 0.15) is 0 Å². The van der Waals surface area contributed by atoms with Crippen LogP contribution in [0.1, 0.15) is 25.7 Å². The smallest absolute Gasteiger partial charge is 0.0702 e. The summed E-state index contributed by atoms with van der Waals surface area (Å²) in [6.07, 6.45) is 5.67. The first-order valence-corrected chi connectivity index (χ1v) is 5.89. The Morgan fingerprint density at radius 2 is 2.29 bits per heavy atom. The molecule has 3 heteroatoms. The van der Waals surface area contributed by atoms with Crippen molar-refractivity contribution in [3.63, 3.8) is 0 Å².